The lowest BCUT2D eigenvalue weighted by Gasteiger charge is -2.24. The van der Waals surface area contributed by atoms with Crippen molar-refractivity contribution in [2.24, 2.45) is 0 Å². The van der Waals surface area contributed by atoms with Gasteiger partial charge in [0.1, 0.15) is 10.8 Å². The molecule has 0 aliphatic heterocycles. The number of aromatic nitrogens is 2. The van der Waals surface area contributed by atoms with E-state index in [0.717, 1.165) is 0 Å². The summed E-state index contributed by atoms with van der Waals surface area (Å²) in [6, 6.07) is 1.21. The van der Waals surface area contributed by atoms with Crippen molar-refractivity contribution in [3.8, 4) is 0 Å². The van der Waals surface area contributed by atoms with E-state index in [0.29, 0.717) is 6.42 Å². The first kappa shape index (κ1) is 12.9. The van der Waals surface area contributed by atoms with Crippen molar-refractivity contribution in [1.82, 2.24) is 9.97 Å². The van der Waals surface area contributed by atoms with Crippen molar-refractivity contribution in [2.45, 2.75) is 25.9 Å². The fourth-order valence-electron chi connectivity index (χ4n) is 1.16. The summed E-state index contributed by atoms with van der Waals surface area (Å²) in [5.41, 5.74) is -0.860. The first-order valence-electron chi connectivity index (χ1n) is 4.76. The zero-order valence-corrected chi connectivity index (χ0v) is 10.1. The monoisotopic (exact) mass is 244 g/mol. The van der Waals surface area contributed by atoms with Crippen LogP contribution in [0.1, 0.15) is 36.6 Å². The molecule has 1 unspecified atom stereocenters. The van der Waals surface area contributed by atoms with Gasteiger partial charge in [0, 0.05) is 13.2 Å². The molecule has 0 saturated carbocycles. The second-order valence-corrected chi connectivity index (χ2v) is 3.88. The van der Waals surface area contributed by atoms with Crippen LogP contribution in [0, 0.1) is 0 Å². The summed E-state index contributed by atoms with van der Waals surface area (Å²) in [5.74, 6) is -0.859. The Balaban J connectivity index is 3.28. The Hall–Kier alpha value is -1.20. The van der Waals surface area contributed by atoms with Gasteiger partial charge in [-0.1, -0.05) is 18.5 Å². The molecule has 0 amide bonds. The summed E-state index contributed by atoms with van der Waals surface area (Å²) in [5, 5.41) is 8.95. The maximum absolute atomic E-state index is 10.8. The number of ether oxygens (including phenoxy) is 1. The van der Waals surface area contributed by atoms with Gasteiger partial charge in [-0.05, 0) is 13.3 Å². The van der Waals surface area contributed by atoms with Crippen molar-refractivity contribution >= 4 is 17.6 Å². The molecule has 88 valence electrons. The first-order valence-corrected chi connectivity index (χ1v) is 5.14. The Morgan fingerprint density at radius 2 is 2.25 bits per heavy atom. The lowest BCUT2D eigenvalue weighted by molar-refractivity contribution is -0.00917. The normalized spacial score (nSPS) is 14.5. The Labute approximate surface area is 98.4 Å². The van der Waals surface area contributed by atoms with Gasteiger partial charge in [-0.2, -0.15) is 0 Å². The Bertz CT molecular complexity index is 405. The molecule has 0 aliphatic carbocycles. The summed E-state index contributed by atoms with van der Waals surface area (Å²) >= 11 is 5.74. The van der Waals surface area contributed by atoms with E-state index in [-0.39, 0.29) is 16.7 Å². The molecule has 0 radical (unpaired) electrons. The number of hydrogen-bond acceptors (Lipinski definition) is 4. The molecule has 0 fully saturated rings. The molecule has 0 bridgehead atoms. The van der Waals surface area contributed by atoms with Crippen molar-refractivity contribution in [3.05, 3.63) is 22.7 Å². The maximum atomic E-state index is 10.8. The number of methoxy groups -OCH3 is 1. The largest absolute Gasteiger partial charge is 0.477 e. The predicted octanol–water partition coefficient (Wildman–Crippen LogP) is 2.10. The van der Waals surface area contributed by atoms with Crippen LogP contribution in [0.25, 0.3) is 0 Å². The van der Waals surface area contributed by atoms with Gasteiger partial charge >= 0.3 is 5.97 Å². The summed E-state index contributed by atoms with van der Waals surface area (Å²) in [6.45, 7) is 3.68. The van der Waals surface area contributed by atoms with Crippen LogP contribution >= 0.6 is 11.6 Å². The van der Waals surface area contributed by atoms with E-state index in [2.05, 4.69) is 9.97 Å². The van der Waals surface area contributed by atoms with Gasteiger partial charge in [0.2, 0.25) is 0 Å². The fraction of sp³-hybridized carbons (Fsp3) is 0.500. The first-order chi connectivity index (χ1) is 7.42. The zero-order chi connectivity index (χ0) is 12.3. The minimum absolute atomic E-state index is 0.0964. The highest BCUT2D eigenvalue weighted by Gasteiger charge is 2.28. The molecule has 5 nitrogen and oxygen atoms in total. The molecule has 16 heavy (non-hydrogen) atoms. The molecule has 1 aromatic heterocycles. The highest BCUT2D eigenvalue weighted by molar-refractivity contribution is 6.29. The van der Waals surface area contributed by atoms with Gasteiger partial charge in [-0.15, -0.1) is 0 Å². The molecule has 1 N–H and O–H groups in total. The van der Waals surface area contributed by atoms with Crippen LogP contribution in [-0.4, -0.2) is 28.2 Å². The van der Waals surface area contributed by atoms with Gasteiger partial charge in [0.15, 0.2) is 11.5 Å². The van der Waals surface area contributed by atoms with E-state index in [4.69, 9.17) is 21.4 Å². The van der Waals surface area contributed by atoms with Gasteiger partial charge in [0.25, 0.3) is 0 Å². The Morgan fingerprint density at radius 1 is 1.62 bits per heavy atom. The van der Waals surface area contributed by atoms with E-state index >= 15 is 0 Å². The molecule has 1 aromatic rings. The fourth-order valence-corrected chi connectivity index (χ4v) is 1.34. The molecular formula is C10H13ClN2O3. The number of carboxylic acid groups (broad SMARTS) is 1. The number of rotatable bonds is 4. The van der Waals surface area contributed by atoms with E-state index in [9.17, 15) is 4.79 Å². The summed E-state index contributed by atoms with van der Waals surface area (Å²) in [7, 11) is 1.52. The number of aromatic carboxylic acids is 1. The second-order valence-electron chi connectivity index (χ2n) is 3.49. The van der Waals surface area contributed by atoms with Crippen LogP contribution in [-0.2, 0) is 10.3 Å². The average molecular weight is 245 g/mol. The molecule has 0 aromatic carbocycles. The number of nitrogens with zero attached hydrogens (tertiary/aromatic N) is 2. The standard InChI is InChI=1S/C10H13ClN2O3/c1-4-10(2,16-3)9-12-6(8(14)15)5-7(11)13-9/h5H,4H2,1-3H3,(H,14,15). The topological polar surface area (TPSA) is 72.3 Å². The third-order valence-corrected chi connectivity index (χ3v) is 2.71. The highest BCUT2D eigenvalue weighted by Crippen LogP contribution is 2.26. The van der Waals surface area contributed by atoms with Crippen LogP contribution in [0.4, 0.5) is 0 Å². The summed E-state index contributed by atoms with van der Waals surface area (Å²) in [4.78, 5) is 18.7. The SMILES string of the molecule is CCC(C)(OC)c1nc(Cl)cc(C(=O)O)n1. The van der Waals surface area contributed by atoms with Crippen molar-refractivity contribution in [1.29, 1.82) is 0 Å². The average Bonchev–Trinajstić information content (AvgIpc) is 2.27. The van der Waals surface area contributed by atoms with Crippen LogP contribution < -0.4 is 0 Å². The lowest BCUT2D eigenvalue weighted by Crippen LogP contribution is -2.27. The number of carboxylic acids is 1. The molecule has 1 heterocycles. The molecular weight excluding hydrogens is 232 g/mol. The smallest absolute Gasteiger partial charge is 0.354 e. The van der Waals surface area contributed by atoms with Crippen LogP contribution in [0.3, 0.4) is 0 Å². The summed E-state index contributed by atoms with van der Waals surface area (Å²) < 4.78 is 5.29. The van der Waals surface area contributed by atoms with Gasteiger partial charge in [-0.25, -0.2) is 14.8 Å². The maximum Gasteiger partial charge on any atom is 0.354 e. The minimum atomic E-state index is -1.14. The molecule has 0 aliphatic rings. The van der Waals surface area contributed by atoms with Gasteiger partial charge in [0.05, 0.1) is 0 Å². The molecule has 0 saturated heterocycles. The van der Waals surface area contributed by atoms with Crippen LogP contribution in [0.15, 0.2) is 6.07 Å². The van der Waals surface area contributed by atoms with Crippen LogP contribution in [0.2, 0.25) is 5.15 Å². The second kappa shape index (κ2) is 4.76. The number of hydrogen-bond donors (Lipinski definition) is 1. The van der Waals surface area contributed by atoms with Crippen molar-refractivity contribution in [2.75, 3.05) is 7.11 Å². The third-order valence-electron chi connectivity index (χ3n) is 2.51. The highest BCUT2D eigenvalue weighted by atomic mass is 35.5. The van der Waals surface area contributed by atoms with Gasteiger partial charge in [-0.3, -0.25) is 0 Å². The van der Waals surface area contributed by atoms with E-state index < -0.39 is 11.6 Å². The number of carbonyl (C=O) groups is 1. The zero-order valence-electron chi connectivity index (χ0n) is 9.32. The lowest BCUT2D eigenvalue weighted by atomic mass is 10.0. The van der Waals surface area contributed by atoms with E-state index in [1.54, 1.807) is 6.92 Å². The molecule has 1 atom stereocenters. The van der Waals surface area contributed by atoms with Crippen molar-refractivity contribution < 1.29 is 14.6 Å². The third kappa shape index (κ3) is 2.48. The molecule has 6 heteroatoms. The summed E-state index contributed by atoms with van der Waals surface area (Å²) in [6.07, 6.45) is 0.614. The minimum Gasteiger partial charge on any atom is -0.477 e. The Kier molecular flexibility index (Phi) is 3.83. The molecule has 1 rings (SSSR count). The van der Waals surface area contributed by atoms with Gasteiger partial charge < -0.3 is 9.84 Å². The Morgan fingerprint density at radius 3 is 2.69 bits per heavy atom. The van der Waals surface area contributed by atoms with Crippen molar-refractivity contribution in [3.63, 3.8) is 0 Å². The van der Waals surface area contributed by atoms with E-state index in [1.807, 2.05) is 6.92 Å². The predicted molar refractivity (Wildman–Crippen MR) is 58.7 cm³/mol. The quantitative estimate of drug-likeness (QED) is 0.821. The van der Waals surface area contributed by atoms with Crippen LogP contribution in [0.5, 0.6) is 0 Å². The molecule has 0 spiro atoms. The number of halogens is 1. The van der Waals surface area contributed by atoms with E-state index in [1.165, 1.54) is 13.2 Å².